The highest BCUT2D eigenvalue weighted by molar-refractivity contribution is 5.82. The Labute approximate surface area is 175 Å². The zero-order chi connectivity index (χ0) is 21.7. The second-order valence-electron chi connectivity index (χ2n) is 7.08. The predicted octanol–water partition coefficient (Wildman–Crippen LogP) is 1.62. The minimum absolute atomic E-state index is 0.0172. The van der Waals surface area contributed by atoms with E-state index >= 15 is 0 Å². The number of amides is 1. The Morgan fingerprint density at radius 3 is 2.37 bits per heavy atom. The van der Waals surface area contributed by atoms with Gasteiger partial charge in [-0.1, -0.05) is 0 Å². The molecular weight excluding hydrogens is 384 g/mol. The predicted molar refractivity (Wildman–Crippen MR) is 116 cm³/mol. The first kappa shape index (κ1) is 21.3. The highest BCUT2D eigenvalue weighted by Gasteiger charge is 2.16. The fourth-order valence-corrected chi connectivity index (χ4v) is 3.08. The van der Waals surface area contributed by atoms with E-state index in [4.69, 9.17) is 9.47 Å². The fraction of sp³-hybridized carbons (Fsp3) is 0.318. The molecule has 0 saturated carbocycles. The van der Waals surface area contributed by atoms with Crippen molar-refractivity contribution in [3.63, 3.8) is 0 Å². The summed E-state index contributed by atoms with van der Waals surface area (Å²) >= 11 is 0. The van der Waals surface area contributed by atoms with Gasteiger partial charge in [-0.05, 0) is 56.6 Å². The molecule has 0 radical (unpaired) electrons. The number of carbonyl (C=O) groups is 1. The Hall–Kier alpha value is -3.39. The number of fused-ring (bicyclic) bond motifs is 1. The summed E-state index contributed by atoms with van der Waals surface area (Å²) in [6.07, 6.45) is -0.0172. The molecule has 0 unspecified atom stereocenters. The van der Waals surface area contributed by atoms with Crippen molar-refractivity contribution < 1.29 is 14.3 Å². The van der Waals surface area contributed by atoms with E-state index in [1.165, 1.54) is 4.57 Å². The molecule has 1 N–H and O–H groups in total. The van der Waals surface area contributed by atoms with E-state index < -0.39 is 0 Å². The second-order valence-corrected chi connectivity index (χ2v) is 7.08. The summed E-state index contributed by atoms with van der Waals surface area (Å²) < 4.78 is 11.9. The molecule has 0 spiro atoms. The molecule has 0 saturated heterocycles. The van der Waals surface area contributed by atoms with Gasteiger partial charge in [0.25, 0.3) is 5.56 Å². The van der Waals surface area contributed by atoms with Gasteiger partial charge in [-0.15, -0.1) is 0 Å². The Bertz CT molecular complexity index is 1090. The number of aromatic nitrogens is 2. The largest absolute Gasteiger partial charge is 0.497 e. The lowest BCUT2D eigenvalue weighted by Gasteiger charge is -2.15. The van der Waals surface area contributed by atoms with E-state index in [1.807, 2.05) is 19.0 Å². The number of nitrogens with zero attached hydrogens (tertiary/aromatic N) is 3. The Kier molecular flexibility index (Phi) is 6.68. The van der Waals surface area contributed by atoms with Gasteiger partial charge in [-0.25, -0.2) is 4.98 Å². The van der Waals surface area contributed by atoms with Crippen molar-refractivity contribution in [1.29, 1.82) is 0 Å². The van der Waals surface area contributed by atoms with Crippen LogP contribution in [0, 0.1) is 0 Å². The molecule has 3 aromatic rings. The number of ether oxygens (including phenoxy) is 2. The van der Waals surface area contributed by atoms with Crippen LogP contribution in [-0.4, -0.2) is 61.8 Å². The van der Waals surface area contributed by atoms with Crippen LogP contribution in [-0.2, 0) is 11.2 Å². The minimum Gasteiger partial charge on any atom is -0.497 e. The van der Waals surface area contributed by atoms with Crippen LogP contribution in [0.2, 0.25) is 0 Å². The monoisotopic (exact) mass is 410 g/mol. The molecule has 8 heteroatoms. The summed E-state index contributed by atoms with van der Waals surface area (Å²) in [4.78, 5) is 32.5. The maximum Gasteiger partial charge on any atom is 0.266 e. The molecule has 1 aromatic heterocycles. The molecule has 0 fully saturated rings. The van der Waals surface area contributed by atoms with Crippen LogP contribution in [0.4, 0.5) is 0 Å². The second kappa shape index (κ2) is 9.41. The maximum absolute atomic E-state index is 13.4. The zero-order valence-corrected chi connectivity index (χ0v) is 17.6. The van der Waals surface area contributed by atoms with Crippen molar-refractivity contribution in [2.45, 2.75) is 6.42 Å². The Morgan fingerprint density at radius 2 is 1.73 bits per heavy atom. The molecule has 0 atom stereocenters. The molecule has 1 heterocycles. The topological polar surface area (TPSA) is 85.7 Å². The van der Waals surface area contributed by atoms with Gasteiger partial charge in [0.2, 0.25) is 5.91 Å². The molecule has 8 nitrogen and oxygen atoms in total. The normalized spacial score (nSPS) is 11.0. The number of rotatable bonds is 8. The summed E-state index contributed by atoms with van der Waals surface area (Å²) in [7, 11) is 7.00. The third-order valence-electron chi connectivity index (χ3n) is 4.68. The van der Waals surface area contributed by atoms with Gasteiger partial charge in [0.1, 0.15) is 17.3 Å². The highest BCUT2D eigenvalue weighted by atomic mass is 16.5. The van der Waals surface area contributed by atoms with E-state index in [0.29, 0.717) is 40.5 Å². The first-order chi connectivity index (χ1) is 14.4. The molecule has 0 aliphatic carbocycles. The first-order valence-electron chi connectivity index (χ1n) is 9.58. The maximum atomic E-state index is 13.4. The molecular formula is C22H26N4O4. The third kappa shape index (κ3) is 4.77. The van der Waals surface area contributed by atoms with Crippen LogP contribution in [0.25, 0.3) is 16.6 Å². The van der Waals surface area contributed by atoms with Crippen molar-refractivity contribution >= 4 is 16.8 Å². The lowest BCUT2D eigenvalue weighted by atomic mass is 10.2. The van der Waals surface area contributed by atoms with E-state index in [1.54, 1.807) is 56.7 Å². The number of nitrogens with one attached hydrogen (secondary N) is 1. The average molecular weight is 410 g/mol. The summed E-state index contributed by atoms with van der Waals surface area (Å²) in [6, 6.07) is 12.2. The molecule has 0 aliphatic heterocycles. The average Bonchev–Trinajstić information content (AvgIpc) is 2.73. The molecule has 2 aromatic carbocycles. The summed E-state index contributed by atoms with van der Waals surface area (Å²) in [5.74, 6) is 1.41. The fourth-order valence-electron chi connectivity index (χ4n) is 3.08. The van der Waals surface area contributed by atoms with Crippen LogP contribution < -0.4 is 20.3 Å². The summed E-state index contributed by atoms with van der Waals surface area (Å²) in [6.45, 7) is 1.24. The van der Waals surface area contributed by atoms with Crippen molar-refractivity contribution in [2.75, 3.05) is 41.4 Å². The molecule has 3 rings (SSSR count). The summed E-state index contributed by atoms with van der Waals surface area (Å²) in [5.41, 5.74) is 0.857. The molecule has 1 amide bonds. The number of hydrogen-bond acceptors (Lipinski definition) is 6. The summed E-state index contributed by atoms with van der Waals surface area (Å²) in [5, 5.41) is 3.29. The smallest absolute Gasteiger partial charge is 0.266 e. The minimum atomic E-state index is -0.264. The van der Waals surface area contributed by atoms with Gasteiger partial charge < -0.3 is 19.7 Å². The SMILES string of the molecule is COc1ccc(-n2c(CC(=O)NCCN(C)C)nc3ccc(OC)cc3c2=O)cc1. The number of benzene rings is 2. The van der Waals surface area contributed by atoms with Crippen LogP contribution in [0.5, 0.6) is 11.5 Å². The quantitative estimate of drug-likeness (QED) is 0.608. The van der Waals surface area contributed by atoms with E-state index in [2.05, 4.69) is 10.3 Å². The van der Waals surface area contributed by atoms with Crippen molar-refractivity contribution in [3.05, 3.63) is 58.6 Å². The van der Waals surface area contributed by atoms with Crippen molar-refractivity contribution in [1.82, 2.24) is 19.8 Å². The standard InChI is InChI=1S/C22H26N4O4/c1-25(2)12-11-23-21(27)14-20-24-19-10-9-17(30-4)13-18(19)22(28)26(20)15-5-7-16(29-3)8-6-15/h5-10,13H,11-12,14H2,1-4H3,(H,23,27). The first-order valence-corrected chi connectivity index (χ1v) is 9.58. The Balaban J connectivity index is 2.06. The number of carbonyl (C=O) groups excluding carboxylic acids is 1. The zero-order valence-electron chi connectivity index (χ0n) is 17.6. The number of methoxy groups -OCH3 is 2. The molecule has 30 heavy (non-hydrogen) atoms. The van der Waals surface area contributed by atoms with E-state index in [0.717, 1.165) is 6.54 Å². The van der Waals surface area contributed by atoms with Crippen LogP contribution >= 0.6 is 0 Å². The highest BCUT2D eigenvalue weighted by Crippen LogP contribution is 2.20. The third-order valence-corrected chi connectivity index (χ3v) is 4.68. The van der Waals surface area contributed by atoms with E-state index in [-0.39, 0.29) is 17.9 Å². The Morgan fingerprint density at radius 1 is 1.07 bits per heavy atom. The molecule has 158 valence electrons. The van der Waals surface area contributed by atoms with Gasteiger partial charge in [0.05, 0.1) is 37.2 Å². The lowest BCUT2D eigenvalue weighted by Crippen LogP contribution is -2.34. The van der Waals surface area contributed by atoms with Gasteiger partial charge in [0, 0.05) is 13.1 Å². The van der Waals surface area contributed by atoms with Crippen LogP contribution in [0.3, 0.4) is 0 Å². The van der Waals surface area contributed by atoms with Gasteiger partial charge >= 0.3 is 0 Å². The lowest BCUT2D eigenvalue weighted by molar-refractivity contribution is -0.120. The molecule has 0 bridgehead atoms. The van der Waals surface area contributed by atoms with Gasteiger partial charge in [0.15, 0.2) is 0 Å². The van der Waals surface area contributed by atoms with Gasteiger partial charge in [-0.2, -0.15) is 0 Å². The van der Waals surface area contributed by atoms with Crippen LogP contribution in [0.15, 0.2) is 47.3 Å². The number of hydrogen-bond donors (Lipinski definition) is 1. The van der Waals surface area contributed by atoms with E-state index in [9.17, 15) is 9.59 Å². The molecule has 0 aliphatic rings. The van der Waals surface area contributed by atoms with Gasteiger partial charge in [-0.3, -0.25) is 14.2 Å². The van der Waals surface area contributed by atoms with Crippen LogP contribution in [0.1, 0.15) is 5.82 Å². The number of likely N-dealkylation sites (N-methyl/N-ethyl adjacent to an activating group) is 1. The van der Waals surface area contributed by atoms with Crippen molar-refractivity contribution in [2.24, 2.45) is 0 Å². The van der Waals surface area contributed by atoms with Crippen molar-refractivity contribution in [3.8, 4) is 17.2 Å².